The molecular formula is C15H17N3O. The number of aromatic nitrogens is 2. The molecule has 1 heterocycles. The Morgan fingerprint density at radius 1 is 1.16 bits per heavy atom. The Morgan fingerprint density at radius 2 is 1.89 bits per heavy atom. The lowest BCUT2D eigenvalue weighted by Crippen LogP contribution is -2.33. The first kappa shape index (κ1) is 12.0. The van der Waals surface area contributed by atoms with Gasteiger partial charge < -0.3 is 5.32 Å². The van der Waals surface area contributed by atoms with E-state index in [0.29, 0.717) is 11.7 Å². The second-order valence-corrected chi connectivity index (χ2v) is 4.92. The third kappa shape index (κ3) is 2.52. The molecule has 0 radical (unpaired) electrons. The molecule has 0 saturated heterocycles. The van der Waals surface area contributed by atoms with Crippen molar-refractivity contribution in [1.82, 2.24) is 15.1 Å². The van der Waals surface area contributed by atoms with Gasteiger partial charge in [-0.1, -0.05) is 31.0 Å². The van der Waals surface area contributed by atoms with E-state index in [1.807, 2.05) is 30.3 Å². The molecule has 1 aliphatic rings. The van der Waals surface area contributed by atoms with Crippen LogP contribution in [0.3, 0.4) is 0 Å². The van der Waals surface area contributed by atoms with E-state index in [2.05, 4.69) is 10.4 Å². The summed E-state index contributed by atoms with van der Waals surface area (Å²) in [5.74, 6) is -0.0340. The van der Waals surface area contributed by atoms with Crippen molar-refractivity contribution in [1.29, 1.82) is 0 Å². The molecule has 0 bridgehead atoms. The van der Waals surface area contributed by atoms with Crippen molar-refractivity contribution in [2.24, 2.45) is 0 Å². The third-order valence-electron chi connectivity index (χ3n) is 3.57. The van der Waals surface area contributed by atoms with E-state index in [0.717, 1.165) is 18.5 Å². The summed E-state index contributed by atoms with van der Waals surface area (Å²) in [5.41, 5.74) is 1.50. The lowest BCUT2D eigenvalue weighted by molar-refractivity contribution is 0.0930. The lowest BCUT2D eigenvalue weighted by Gasteiger charge is -2.13. The molecule has 1 fully saturated rings. The van der Waals surface area contributed by atoms with Crippen LogP contribution in [0.1, 0.15) is 36.2 Å². The smallest absolute Gasteiger partial charge is 0.270 e. The largest absolute Gasteiger partial charge is 0.348 e. The van der Waals surface area contributed by atoms with Gasteiger partial charge in [-0.3, -0.25) is 4.79 Å². The van der Waals surface area contributed by atoms with Gasteiger partial charge in [-0.2, -0.15) is 5.10 Å². The Hall–Kier alpha value is -2.10. The molecule has 98 valence electrons. The molecule has 1 saturated carbocycles. The zero-order valence-corrected chi connectivity index (χ0v) is 10.7. The molecule has 4 nitrogen and oxygen atoms in total. The number of amides is 1. The average molecular weight is 255 g/mol. The van der Waals surface area contributed by atoms with Gasteiger partial charge in [0.2, 0.25) is 0 Å². The summed E-state index contributed by atoms with van der Waals surface area (Å²) in [6.07, 6.45) is 6.26. The Balaban J connectivity index is 1.81. The summed E-state index contributed by atoms with van der Waals surface area (Å²) in [7, 11) is 0. The van der Waals surface area contributed by atoms with Crippen molar-refractivity contribution >= 4 is 5.91 Å². The molecule has 0 unspecified atom stereocenters. The number of carbonyl (C=O) groups excluding carboxylic acids is 1. The number of para-hydroxylation sites is 1. The molecule has 1 amide bonds. The first-order valence-corrected chi connectivity index (χ1v) is 6.75. The number of hydrogen-bond donors (Lipinski definition) is 1. The fourth-order valence-electron chi connectivity index (χ4n) is 2.58. The molecule has 0 spiro atoms. The minimum atomic E-state index is -0.0340. The highest BCUT2D eigenvalue weighted by atomic mass is 16.2. The van der Waals surface area contributed by atoms with E-state index >= 15 is 0 Å². The van der Waals surface area contributed by atoms with Crippen LogP contribution in [-0.4, -0.2) is 21.7 Å². The van der Waals surface area contributed by atoms with E-state index in [4.69, 9.17) is 0 Å². The molecule has 1 aliphatic carbocycles. The first-order valence-electron chi connectivity index (χ1n) is 6.75. The standard InChI is InChI=1S/C15H17N3O/c19-15(17-12-6-4-5-7-12)14-10-11-16-18(14)13-8-2-1-3-9-13/h1-3,8-12H,4-7H2,(H,17,19). The van der Waals surface area contributed by atoms with Crippen molar-refractivity contribution in [3.05, 3.63) is 48.3 Å². The maximum atomic E-state index is 12.3. The summed E-state index contributed by atoms with van der Waals surface area (Å²) in [4.78, 5) is 12.3. The number of nitrogens with one attached hydrogen (secondary N) is 1. The predicted molar refractivity (Wildman–Crippen MR) is 73.3 cm³/mol. The molecule has 1 aromatic carbocycles. The van der Waals surface area contributed by atoms with Crippen LogP contribution in [-0.2, 0) is 0 Å². The van der Waals surface area contributed by atoms with Crippen LogP contribution < -0.4 is 5.32 Å². The van der Waals surface area contributed by atoms with Crippen molar-refractivity contribution in [3.8, 4) is 5.69 Å². The molecule has 19 heavy (non-hydrogen) atoms. The second-order valence-electron chi connectivity index (χ2n) is 4.92. The summed E-state index contributed by atoms with van der Waals surface area (Å²) in [5, 5.41) is 7.33. The molecule has 2 aromatic rings. The Bertz CT molecular complexity index is 556. The van der Waals surface area contributed by atoms with Gasteiger partial charge in [0.25, 0.3) is 5.91 Å². The van der Waals surface area contributed by atoms with Crippen LogP contribution in [0.25, 0.3) is 5.69 Å². The zero-order chi connectivity index (χ0) is 13.1. The van der Waals surface area contributed by atoms with E-state index in [1.54, 1.807) is 16.9 Å². The lowest BCUT2D eigenvalue weighted by atomic mass is 10.2. The Kier molecular flexibility index (Phi) is 3.31. The van der Waals surface area contributed by atoms with E-state index in [9.17, 15) is 4.79 Å². The quantitative estimate of drug-likeness (QED) is 0.916. The zero-order valence-electron chi connectivity index (χ0n) is 10.7. The Labute approximate surface area is 112 Å². The molecule has 0 aliphatic heterocycles. The molecule has 4 heteroatoms. The second kappa shape index (κ2) is 5.26. The van der Waals surface area contributed by atoms with Gasteiger partial charge in [-0.05, 0) is 31.0 Å². The van der Waals surface area contributed by atoms with E-state index in [1.165, 1.54) is 12.8 Å². The fourth-order valence-corrected chi connectivity index (χ4v) is 2.58. The van der Waals surface area contributed by atoms with Crippen LogP contribution in [0.4, 0.5) is 0 Å². The Morgan fingerprint density at radius 3 is 2.63 bits per heavy atom. The number of benzene rings is 1. The van der Waals surface area contributed by atoms with Gasteiger partial charge in [0.15, 0.2) is 0 Å². The first-order chi connectivity index (χ1) is 9.34. The summed E-state index contributed by atoms with van der Waals surface area (Å²) < 4.78 is 1.68. The summed E-state index contributed by atoms with van der Waals surface area (Å²) >= 11 is 0. The molecule has 1 aromatic heterocycles. The van der Waals surface area contributed by atoms with Gasteiger partial charge in [0.05, 0.1) is 11.9 Å². The minimum Gasteiger partial charge on any atom is -0.348 e. The number of nitrogens with zero attached hydrogens (tertiary/aromatic N) is 2. The molecular weight excluding hydrogens is 238 g/mol. The fraction of sp³-hybridized carbons (Fsp3) is 0.333. The van der Waals surface area contributed by atoms with Crippen LogP contribution in [0.5, 0.6) is 0 Å². The van der Waals surface area contributed by atoms with Crippen molar-refractivity contribution in [3.63, 3.8) is 0 Å². The van der Waals surface area contributed by atoms with Crippen LogP contribution in [0.15, 0.2) is 42.6 Å². The number of hydrogen-bond acceptors (Lipinski definition) is 2. The monoisotopic (exact) mass is 255 g/mol. The third-order valence-corrected chi connectivity index (χ3v) is 3.57. The topological polar surface area (TPSA) is 46.9 Å². The SMILES string of the molecule is O=C(NC1CCCC1)c1ccnn1-c1ccccc1. The van der Waals surface area contributed by atoms with Crippen LogP contribution in [0.2, 0.25) is 0 Å². The van der Waals surface area contributed by atoms with Gasteiger partial charge in [0.1, 0.15) is 5.69 Å². The van der Waals surface area contributed by atoms with Crippen molar-refractivity contribution < 1.29 is 4.79 Å². The number of rotatable bonds is 3. The number of carbonyl (C=O) groups is 1. The summed E-state index contributed by atoms with van der Waals surface area (Å²) in [6.45, 7) is 0. The van der Waals surface area contributed by atoms with Crippen LogP contribution in [0, 0.1) is 0 Å². The highest BCUT2D eigenvalue weighted by Gasteiger charge is 2.20. The normalized spacial score (nSPS) is 15.6. The predicted octanol–water partition coefficient (Wildman–Crippen LogP) is 2.54. The maximum absolute atomic E-state index is 12.3. The van der Waals surface area contributed by atoms with E-state index in [-0.39, 0.29) is 5.91 Å². The molecule has 3 rings (SSSR count). The van der Waals surface area contributed by atoms with Gasteiger partial charge in [-0.15, -0.1) is 0 Å². The van der Waals surface area contributed by atoms with Crippen LogP contribution >= 0.6 is 0 Å². The highest BCUT2D eigenvalue weighted by molar-refractivity contribution is 5.93. The minimum absolute atomic E-state index is 0.0340. The molecule has 0 atom stereocenters. The molecule has 1 N–H and O–H groups in total. The summed E-state index contributed by atoms with van der Waals surface area (Å²) in [6, 6.07) is 11.8. The van der Waals surface area contributed by atoms with Crippen molar-refractivity contribution in [2.75, 3.05) is 0 Å². The average Bonchev–Trinajstić information content (AvgIpc) is 3.10. The maximum Gasteiger partial charge on any atom is 0.270 e. The van der Waals surface area contributed by atoms with E-state index < -0.39 is 0 Å². The highest BCUT2D eigenvalue weighted by Crippen LogP contribution is 2.18. The van der Waals surface area contributed by atoms with Gasteiger partial charge in [0, 0.05) is 6.04 Å². The van der Waals surface area contributed by atoms with Gasteiger partial charge in [-0.25, -0.2) is 4.68 Å². The van der Waals surface area contributed by atoms with Gasteiger partial charge >= 0.3 is 0 Å². The van der Waals surface area contributed by atoms with Crippen molar-refractivity contribution in [2.45, 2.75) is 31.7 Å².